The van der Waals surface area contributed by atoms with E-state index in [9.17, 15) is 4.79 Å². The Balaban J connectivity index is 2.36. The highest BCUT2D eigenvalue weighted by Crippen LogP contribution is 2.25. The number of anilines is 1. The number of benzene rings is 1. The molecule has 0 aliphatic carbocycles. The molecular formula is C11H13NO2. The third-order valence-corrected chi connectivity index (χ3v) is 2.60. The maximum Gasteiger partial charge on any atom is 0.335 e. The first-order chi connectivity index (χ1) is 6.66. The Morgan fingerprint density at radius 2 is 2.36 bits per heavy atom. The third kappa shape index (κ3) is 1.58. The molecule has 14 heavy (non-hydrogen) atoms. The molecule has 1 aliphatic heterocycles. The van der Waals surface area contributed by atoms with Crippen molar-refractivity contribution < 1.29 is 9.90 Å². The van der Waals surface area contributed by atoms with Crippen LogP contribution >= 0.6 is 0 Å². The average Bonchev–Trinajstić information content (AvgIpc) is 2.16. The highest BCUT2D eigenvalue weighted by molar-refractivity contribution is 5.88. The van der Waals surface area contributed by atoms with Crippen LogP contribution in [-0.4, -0.2) is 17.1 Å². The van der Waals surface area contributed by atoms with Crippen molar-refractivity contribution in [3.8, 4) is 0 Å². The number of carbonyl (C=O) groups is 1. The van der Waals surface area contributed by atoms with E-state index in [1.807, 2.05) is 6.07 Å². The van der Waals surface area contributed by atoms with Gasteiger partial charge < -0.3 is 10.4 Å². The van der Waals surface area contributed by atoms with E-state index in [1.165, 1.54) is 0 Å². The summed E-state index contributed by atoms with van der Waals surface area (Å²) in [7, 11) is 0. The van der Waals surface area contributed by atoms with E-state index in [0.717, 1.165) is 24.1 Å². The number of aromatic carboxylic acids is 1. The topological polar surface area (TPSA) is 49.3 Å². The third-order valence-electron chi connectivity index (χ3n) is 2.60. The van der Waals surface area contributed by atoms with E-state index in [2.05, 4.69) is 12.2 Å². The zero-order chi connectivity index (χ0) is 10.1. The molecule has 1 aromatic rings. The minimum Gasteiger partial charge on any atom is -0.478 e. The zero-order valence-corrected chi connectivity index (χ0v) is 8.08. The normalized spacial score (nSPS) is 19.6. The van der Waals surface area contributed by atoms with Crippen molar-refractivity contribution in [2.75, 3.05) is 5.32 Å². The molecule has 3 heteroatoms. The van der Waals surface area contributed by atoms with E-state index < -0.39 is 5.97 Å². The van der Waals surface area contributed by atoms with Gasteiger partial charge in [-0.1, -0.05) is 0 Å². The number of fused-ring (bicyclic) bond motifs is 1. The van der Waals surface area contributed by atoms with Crippen LogP contribution in [0.1, 0.15) is 29.3 Å². The van der Waals surface area contributed by atoms with Crippen molar-refractivity contribution in [3.63, 3.8) is 0 Å². The molecule has 1 aromatic carbocycles. The van der Waals surface area contributed by atoms with Crippen LogP contribution in [0.4, 0.5) is 5.69 Å². The smallest absolute Gasteiger partial charge is 0.335 e. The summed E-state index contributed by atoms with van der Waals surface area (Å²) in [6.45, 7) is 2.13. The summed E-state index contributed by atoms with van der Waals surface area (Å²) in [6.07, 6.45) is 2.03. The number of hydrogen-bond acceptors (Lipinski definition) is 2. The lowest BCUT2D eigenvalue weighted by atomic mass is 9.97. The second-order valence-electron chi connectivity index (χ2n) is 3.76. The molecule has 3 nitrogen and oxygen atoms in total. The van der Waals surface area contributed by atoms with Crippen molar-refractivity contribution in [3.05, 3.63) is 29.3 Å². The fourth-order valence-corrected chi connectivity index (χ4v) is 1.78. The fourth-order valence-electron chi connectivity index (χ4n) is 1.78. The van der Waals surface area contributed by atoms with Crippen LogP contribution in [-0.2, 0) is 6.42 Å². The standard InChI is InChI=1S/C11H13NO2/c1-7-2-3-8-6-9(11(13)14)4-5-10(8)12-7/h4-7,12H,2-3H2,1H3,(H,13,14)/t7-/m0/s1. The summed E-state index contributed by atoms with van der Waals surface area (Å²) in [5.74, 6) is -0.855. The van der Waals surface area contributed by atoms with E-state index in [4.69, 9.17) is 5.11 Å². The second kappa shape index (κ2) is 3.33. The number of nitrogens with one attached hydrogen (secondary N) is 1. The Kier molecular flexibility index (Phi) is 2.15. The van der Waals surface area contributed by atoms with Crippen molar-refractivity contribution in [2.45, 2.75) is 25.8 Å². The van der Waals surface area contributed by atoms with Crippen molar-refractivity contribution in [2.24, 2.45) is 0 Å². The molecule has 0 fully saturated rings. The van der Waals surface area contributed by atoms with Crippen molar-refractivity contribution in [1.29, 1.82) is 0 Å². The SMILES string of the molecule is C[C@H]1CCc2cc(C(=O)O)ccc2N1. The van der Waals surface area contributed by atoms with Gasteiger partial charge in [-0.15, -0.1) is 0 Å². The Morgan fingerprint density at radius 1 is 1.57 bits per heavy atom. The van der Waals surface area contributed by atoms with Gasteiger partial charge in [0.1, 0.15) is 0 Å². The van der Waals surface area contributed by atoms with Gasteiger partial charge in [0.15, 0.2) is 0 Å². The quantitative estimate of drug-likeness (QED) is 0.715. The lowest BCUT2D eigenvalue weighted by molar-refractivity contribution is 0.0697. The monoisotopic (exact) mass is 191 g/mol. The van der Waals surface area contributed by atoms with Crippen LogP contribution in [0.25, 0.3) is 0 Å². The Labute approximate surface area is 82.8 Å². The van der Waals surface area contributed by atoms with Gasteiger partial charge in [-0.05, 0) is 43.5 Å². The molecule has 1 aliphatic rings. The average molecular weight is 191 g/mol. The molecule has 0 unspecified atom stereocenters. The van der Waals surface area contributed by atoms with E-state index in [0.29, 0.717) is 11.6 Å². The van der Waals surface area contributed by atoms with Gasteiger partial charge in [0.2, 0.25) is 0 Å². The first kappa shape index (κ1) is 9.06. The summed E-state index contributed by atoms with van der Waals surface area (Å²) in [5.41, 5.74) is 2.57. The molecule has 0 bridgehead atoms. The minimum absolute atomic E-state index is 0.375. The fraction of sp³-hybridized carbons (Fsp3) is 0.364. The van der Waals surface area contributed by atoms with Crippen LogP contribution in [0.5, 0.6) is 0 Å². The van der Waals surface area contributed by atoms with Gasteiger partial charge in [0.25, 0.3) is 0 Å². The molecule has 0 saturated carbocycles. The van der Waals surface area contributed by atoms with Crippen LogP contribution in [0.3, 0.4) is 0 Å². The highest BCUT2D eigenvalue weighted by atomic mass is 16.4. The lowest BCUT2D eigenvalue weighted by Gasteiger charge is -2.24. The van der Waals surface area contributed by atoms with E-state index in [1.54, 1.807) is 12.1 Å². The summed E-state index contributed by atoms with van der Waals surface area (Å²) < 4.78 is 0. The Bertz CT molecular complexity index is 374. The van der Waals surface area contributed by atoms with Gasteiger partial charge in [-0.2, -0.15) is 0 Å². The predicted molar refractivity (Wildman–Crippen MR) is 54.8 cm³/mol. The summed E-state index contributed by atoms with van der Waals surface area (Å²) in [4.78, 5) is 10.7. The molecule has 0 aromatic heterocycles. The first-order valence-corrected chi connectivity index (χ1v) is 4.79. The van der Waals surface area contributed by atoms with Crippen molar-refractivity contribution >= 4 is 11.7 Å². The van der Waals surface area contributed by atoms with Crippen LogP contribution in [0.15, 0.2) is 18.2 Å². The number of rotatable bonds is 1. The molecule has 2 N–H and O–H groups in total. The summed E-state index contributed by atoms with van der Waals surface area (Å²) in [6, 6.07) is 5.75. The first-order valence-electron chi connectivity index (χ1n) is 4.79. The van der Waals surface area contributed by atoms with Gasteiger partial charge >= 0.3 is 5.97 Å². The number of carboxylic acids is 1. The van der Waals surface area contributed by atoms with Crippen LogP contribution in [0.2, 0.25) is 0 Å². The zero-order valence-electron chi connectivity index (χ0n) is 8.08. The number of aryl methyl sites for hydroxylation is 1. The van der Waals surface area contributed by atoms with E-state index in [-0.39, 0.29) is 0 Å². The van der Waals surface area contributed by atoms with Gasteiger partial charge in [0.05, 0.1) is 5.56 Å². The van der Waals surface area contributed by atoms with Crippen LogP contribution < -0.4 is 5.32 Å². The molecule has 0 saturated heterocycles. The van der Waals surface area contributed by atoms with E-state index >= 15 is 0 Å². The minimum atomic E-state index is -0.855. The lowest BCUT2D eigenvalue weighted by Crippen LogP contribution is -2.22. The molecule has 0 amide bonds. The summed E-state index contributed by atoms with van der Waals surface area (Å²) in [5, 5.41) is 12.2. The molecule has 2 rings (SSSR count). The predicted octanol–water partition coefficient (Wildman–Crippen LogP) is 2.13. The van der Waals surface area contributed by atoms with Crippen LogP contribution in [0, 0.1) is 0 Å². The largest absolute Gasteiger partial charge is 0.478 e. The maximum absolute atomic E-state index is 10.7. The second-order valence-corrected chi connectivity index (χ2v) is 3.76. The highest BCUT2D eigenvalue weighted by Gasteiger charge is 2.15. The molecule has 74 valence electrons. The van der Waals surface area contributed by atoms with Gasteiger partial charge in [0, 0.05) is 11.7 Å². The van der Waals surface area contributed by atoms with Gasteiger partial charge in [-0.25, -0.2) is 4.79 Å². The molecule has 0 spiro atoms. The summed E-state index contributed by atoms with van der Waals surface area (Å²) >= 11 is 0. The molecule has 0 radical (unpaired) electrons. The Hall–Kier alpha value is -1.51. The Morgan fingerprint density at radius 3 is 3.07 bits per heavy atom. The number of hydrogen-bond donors (Lipinski definition) is 2. The molecular weight excluding hydrogens is 178 g/mol. The number of carboxylic acid groups (broad SMARTS) is 1. The molecule has 1 atom stereocenters. The van der Waals surface area contributed by atoms with Gasteiger partial charge in [-0.3, -0.25) is 0 Å². The van der Waals surface area contributed by atoms with Crippen molar-refractivity contribution in [1.82, 2.24) is 0 Å². The molecule has 1 heterocycles. The maximum atomic E-state index is 10.7.